The Morgan fingerprint density at radius 2 is 0.673 bits per heavy atom. The summed E-state index contributed by atoms with van der Waals surface area (Å²) in [6, 6.07) is 28.2. The van der Waals surface area contributed by atoms with Crippen molar-refractivity contribution in [2.24, 2.45) is 0 Å². The van der Waals surface area contributed by atoms with Crippen LogP contribution in [-0.2, 0) is 38.5 Å². The van der Waals surface area contributed by atoms with E-state index in [0.29, 0.717) is 0 Å². The molecule has 8 rings (SSSR count). The van der Waals surface area contributed by atoms with Gasteiger partial charge in [0.25, 0.3) is 0 Å². The van der Waals surface area contributed by atoms with E-state index in [2.05, 4.69) is 111 Å². The third-order valence-electron chi connectivity index (χ3n) is 9.64. The molecule has 0 spiro atoms. The summed E-state index contributed by atoms with van der Waals surface area (Å²) >= 11 is 15.6. The molecule has 0 aliphatic rings. The first-order valence-electron chi connectivity index (χ1n) is 18.3. The molecule has 0 N–H and O–H groups in total. The van der Waals surface area contributed by atoms with E-state index in [1.807, 2.05) is 90.7 Å². The molecule has 0 unspecified atom stereocenters. The number of thiophene rings is 8. The molecule has 0 amide bonds. The van der Waals surface area contributed by atoms with Crippen LogP contribution in [0.25, 0.3) is 58.5 Å². The summed E-state index contributed by atoms with van der Waals surface area (Å²) in [5.41, 5.74) is 5.94. The lowest BCUT2D eigenvalue weighted by Gasteiger charge is -1.98. The zero-order valence-electron chi connectivity index (χ0n) is 30.0. The highest BCUT2D eigenvalue weighted by Crippen LogP contribution is 2.46. The number of unbranched alkanes of at least 4 members (excludes halogenated alkanes) is 1. The molecule has 0 aliphatic carbocycles. The van der Waals surface area contributed by atoms with Crippen molar-refractivity contribution in [1.82, 2.24) is 0 Å². The molecule has 266 valence electrons. The summed E-state index contributed by atoms with van der Waals surface area (Å²) < 4.78 is 0. The van der Waals surface area contributed by atoms with Gasteiger partial charge in [0.15, 0.2) is 0 Å². The molecule has 0 radical (unpaired) electrons. The maximum Gasteiger partial charge on any atom is 0.0477 e. The quantitative estimate of drug-likeness (QED) is 0.0903. The molecule has 0 atom stereocenters. The van der Waals surface area contributed by atoms with Crippen LogP contribution in [0.1, 0.15) is 72.5 Å². The van der Waals surface area contributed by atoms with E-state index in [0.717, 1.165) is 25.7 Å². The van der Waals surface area contributed by atoms with E-state index in [9.17, 15) is 0 Å². The van der Waals surface area contributed by atoms with Gasteiger partial charge in [0.05, 0.1) is 0 Å². The molecule has 0 nitrogen and oxygen atoms in total. The SMILES string of the molecule is CCc1ccsc1-c1ccc(-c2ccc(-c3sc(CCCCc4cc(CC)c(-c5ccc(-c6ccc(-c7sccc7CC)s6)s5)s4)cc3CC)s2)s1. The molecule has 52 heavy (non-hydrogen) atoms. The molecule has 8 heterocycles. The van der Waals surface area contributed by atoms with Crippen molar-refractivity contribution in [3.05, 3.63) is 116 Å². The third-order valence-corrected chi connectivity index (χ3v) is 19.5. The standard InChI is InChI=1S/C44H42S8/c1-5-27-21-23-45-41(27)37-17-13-33(49-37)35-15-19-39(51-35)43-29(7-3)25-31(47-43)11-9-10-12-32-26-30(8-4)44(48-32)40-20-16-36(52-40)34-14-18-38(50-34)42-28(6-2)22-24-46-42/h13-26H,5-12H2,1-4H3. The fourth-order valence-corrected chi connectivity index (χ4v) is 16.2. The van der Waals surface area contributed by atoms with Gasteiger partial charge in [-0.15, -0.1) is 90.7 Å². The first-order valence-corrected chi connectivity index (χ1v) is 25.0. The highest BCUT2D eigenvalue weighted by molar-refractivity contribution is 7.29. The Hall–Kier alpha value is -2.40. The Morgan fingerprint density at radius 3 is 1.02 bits per heavy atom. The molecule has 0 fully saturated rings. The molecule has 0 saturated heterocycles. The van der Waals surface area contributed by atoms with Crippen LogP contribution in [-0.4, -0.2) is 0 Å². The van der Waals surface area contributed by atoms with Crippen LogP contribution in [0.5, 0.6) is 0 Å². The predicted molar refractivity (Wildman–Crippen MR) is 243 cm³/mol. The molecule has 0 bridgehead atoms. The second-order valence-electron chi connectivity index (χ2n) is 13.0. The van der Waals surface area contributed by atoms with Crippen molar-refractivity contribution >= 4 is 90.7 Å². The van der Waals surface area contributed by atoms with Gasteiger partial charge in [-0.3, -0.25) is 0 Å². The van der Waals surface area contributed by atoms with Crippen LogP contribution in [0.4, 0.5) is 0 Å². The smallest absolute Gasteiger partial charge is 0.0477 e. The zero-order chi connectivity index (χ0) is 35.6. The van der Waals surface area contributed by atoms with Crippen molar-refractivity contribution in [2.75, 3.05) is 0 Å². The highest BCUT2D eigenvalue weighted by Gasteiger charge is 2.17. The van der Waals surface area contributed by atoms with Crippen LogP contribution in [0.2, 0.25) is 0 Å². The van der Waals surface area contributed by atoms with Gasteiger partial charge in [-0.25, -0.2) is 0 Å². The van der Waals surface area contributed by atoms with Gasteiger partial charge in [-0.2, -0.15) is 0 Å². The van der Waals surface area contributed by atoms with Crippen molar-refractivity contribution in [1.29, 1.82) is 0 Å². The molecule has 0 aromatic carbocycles. The van der Waals surface area contributed by atoms with Crippen molar-refractivity contribution in [2.45, 2.75) is 79.1 Å². The zero-order valence-corrected chi connectivity index (χ0v) is 36.5. The van der Waals surface area contributed by atoms with Crippen LogP contribution >= 0.6 is 90.7 Å². The average molecular weight is 827 g/mol. The highest BCUT2D eigenvalue weighted by atomic mass is 32.1. The first-order chi connectivity index (χ1) is 25.5. The van der Waals surface area contributed by atoms with Gasteiger partial charge in [-0.05, 0) is 157 Å². The monoisotopic (exact) mass is 826 g/mol. The summed E-state index contributed by atoms with van der Waals surface area (Å²) in [4.78, 5) is 20.1. The van der Waals surface area contributed by atoms with E-state index >= 15 is 0 Å². The lowest BCUT2D eigenvalue weighted by atomic mass is 10.1. The van der Waals surface area contributed by atoms with Crippen LogP contribution in [0.3, 0.4) is 0 Å². The third kappa shape index (κ3) is 7.60. The molecule has 8 heteroatoms. The van der Waals surface area contributed by atoms with Crippen LogP contribution < -0.4 is 0 Å². The topological polar surface area (TPSA) is 0 Å². The lowest BCUT2D eigenvalue weighted by molar-refractivity contribution is 0.746. The Bertz CT molecular complexity index is 2220. The second kappa shape index (κ2) is 16.5. The van der Waals surface area contributed by atoms with Crippen molar-refractivity contribution in [3.63, 3.8) is 0 Å². The predicted octanol–water partition coefficient (Wildman–Crippen LogP) is 17.0. The summed E-state index contributed by atoms with van der Waals surface area (Å²) in [5.74, 6) is 0. The van der Waals surface area contributed by atoms with Gasteiger partial charge >= 0.3 is 0 Å². The Morgan fingerprint density at radius 1 is 0.346 bits per heavy atom. The summed E-state index contributed by atoms with van der Waals surface area (Å²) in [5, 5.41) is 4.46. The average Bonchev–Trinajstić information content (AvgIpc) is 4.02. The Kier molecular flexibility index (Phi) is 11.6. The maximum atomic E-state index is 2.50. The fraction of sp³-hybridized carbons (Fsp3) is 0.273. The Labute approximate surface area is 340 Å². The molecule has 0 aliphatic heterocycles. The van der Waals surface area contributed by atoms with Gasteiger partial charge in [0, 0.05) is 68.3 Å². The van der Waals surface area contributed by atoms with Crippen molar-refractivity contribution < 1.29 is 0 Å². The number of aryl methyl sites for hydroxylation is 6. The van der Waals surface area contributed by atoms with Crippen LogP contribution in [0, 0.1) is 0 Å². The normalized spacial score (nSPS) is 11.7. The molecular formula is C44H42S8. The van der Waals surface area contributed by atoms with E-state index in [4.69, 9.17) is 0 Å². The molecule has 0 saturated carbocycles. The van der Waals surface area contributed by atoms with Gasteiger partial charge in [-0.1, -0.05) is 27.7 Å². The van der Waals surface area contributed by atoms with Gasteiger partial charge < -0.3 is 0 Å². The minimum absolute atomic E-state index is 1.09. The first kappa shape index (κ1) is 36.6. The van der Waals surface area contributed by atoms with E-state index in [-0.39, 0.29) is 0 Å². The van der Waals surface area contributed by atoms with Crippen LogP contribution in [0.15, 0.2) is 83.6 Å². The van der Waals surface area contributed by atoms with E-state index in [1.165, 1.54) is 106 Å². The van der Waals surface area contributed by atoms with Gasteiger partial charge in [0.1, 0.15) is 0 Å². The van der Waals surface area contributed by atoms with E-state index < -0.39 is 0 Å². The molecule has 8 aromatic heterocycles. The van der Waals surface area contributed by atoms with E-state index in [1.54, 1.807) is 9.75 Å². The minimum atomic E-state index is 1.09. The summed E-state index contributed by atoms with van der Waals surface area (Å²) in [6.45, 7) is 9.12. The number of hydrogen-bond acceptors (Lipinski definition) is 8. The summed E-state index contributed by atoms with van der Waals surface area (Å²) in [6.07, 6.45) is 9.18. The minimum Gasteiger partial charge on any atom is -0.143 e. The number of hydrogen-bond donors (Lipinski definition) is 0. The largest absolute Gasteiger partial charge is 0.143 e. The van der Waals surface area contributed by atoms with Gasteiger partial charge in [0.2, 0.25) is 0 Å². The summed E-state index contributed by atoms with van der Waals surface area (Å²) in [7, 11) is 0. The fourth-order valence-electron chi connectivity index (χ4n) is 6.79. The lowest BCUT2D eigenvalue weighted by Crippen LogP contribution is -1.85. The van der Waals surface area contributed by atoms with Crippen molar-refractivity contribution in [3.8, 4) is 58.5 Å². The molecular weight excluding hydrogens is 785 g/mol. The number of rotatable bonds is 15. The maximum absolute atomic E-state index is 2.50. The molecule has 8 aromatic rings. The second-order valence-corrected chi connectivity index (χ2v) is 21.4. The Balaban J connectivity index is 0.895.